The summed E-state index contributed by atoms with van der Waals surface area (Å²) in [6.45, 7) is 1.34. The summed E-state index contributed by atoms with van der Waals surface area (Å²) in [7, 11) is 0. The van der Waals surface area contributed by atoms with Crippen molar-refractivity contribution in [2.45, 2.75) is 44.6 Å². The number of thiophene rings is 1. The van der Waals surface area contributed by atoms with E-state index in [9.17, 15) is 14.7 Å². The number of hydrogen-bond acceptors (Lipinski definition) is 4. The lowest BCUT2D eigenvalue weighted by Crippen LogP contribution is -2.42. The minimum absolute atomic E-state index is 0.0667. The van der Waals surface area contributed by atoms with Gasteiger partial charge in [-0.05, 0) is 38.2 Å². The van der Waals surface area contributed by atoms with E-state index in [1.54, 1.807) is 11.3 Å². The van der Waals surface area contributed by atoms with Crippen molar-refractivity contribution in [1.82, 2.24) is 5.32 Å². The number of carbonyl (C=O) groups excluding carboxylic acids is 1. The SMILES string of the molecule is CC(O)(CNC(=O)c1csc2c1CCCC2)CC(=O)O. The molecule has 0 fully saturated rings. The number of rotatable bonds is 5. The van der Waals surface area contributed by atoms with Gasteiger partial charge >= 0.3 is 5.97 Å². The zero-order valence-corrected chi connectivity index (χ0v) is 12.3. The lowest BCUT2D eigenvalue weighted by Gasteiger charge is -2.21. The molecule has 1 amide bonds. The van der Waals surface area contributed by atoms with Crippen LogP contribution in [0.25, 0.3) is 0 Å². The molecule has 0 aliphatic heterocycles. The van der Waals surface area contributed by atoms with E-state index in [1.807, 2.05) is 5.38 Å². The molecule has 1 heterocycles. The first-order valence-corrected chi connectivity index (χ1v) is 7.58. The summed E-state index contributed by atoms with van der Waals surface area (Å²) >= 11 is 1.61. The number of aryl methyl sites for hydroxylation is 1. The Bertz CT molecular complexity index is 521. The fourth-order valence-electron chi connectivity index (χ4n) is 2.44. The van der Waals surface area contributed by atoms with Crippen molar-refractivity contribution in [3.05, 3.63) is 21.4 Å². The quantitative estimate of drug-likeness (QED) is 0.770. The number of amides is 1. The van der Waals surface area contributed by atoms with Crippen LogP contribution in [0.1, 0.15) is 47.0 Å². The van der Waals surface area contributed by atoms with Crippen LogP contribution in [-0.4, -0.2) is 34.2 Å². The predicted octanol–water partition coefficient (Wildman–Crippen LogP) is 1.58. The Morgan fingerprint density at radius 2 is 2.10 bits per heavy atom. The first kappa shape index (κ1) is 15.0. The molecule has 0 bridgehead atoms. The van der Waals surface area contributed by atoms with Crippen LogP contribution >= 0.6 is 11.3 Å². The number of aliphatic carboxylic acids is 1. The van der Waals surface area contributed by atoms with Crippen LogP contribution in [0.3, 0.4) is 0 Å². The Morgan fingerprint density at radius 1 is 1.40 bits per heavy atom. The Morgan fingerprint density at radius 3 is 2.80 bits per heavy atom. The highest BCUT2D eigenvalue weighted by Crippen LogP contribution is 2.30. The highest BCUT2D eigenvalue weighted by Gasteiger charge is 2.26. The maximum atomic E-state index is 12.1. The molecular formula is C14H19NO4S. The highest BCUT2D eigenvalue weighted by molar-refractivity contribution is 7.10. The van der Waals surface area contributed by atoms with E-state index in [1.165, 1.54) is 18.2 Å². The Balaban J connectivity index is 1.99. The first-order chi connectivity index (χ1) is 9.39. The molecule has 0 spiro atoms. The van der Waals surface area contributed by atoms with Gasteiger partial charge in [-0.15, -0.1) is 11.3 Å². The van der Waals surface area contributed by atoms with E-state index >= 15 is 0 Å². The number of nitrogens with one attached hydrogen (secondary N) is 1. The van der Waals surface area contributed by atoms with Crippen molar-refractivity contribution in [3.8, 4) is 0 Å². The summed E-state index contributed by atoms with van der Waals surface area (Å²) in [5.74, 6) is -1.31. The number of carbonyl (C=O) groups is 2. The van der Waals surface area contributed by atoms with Gasteiger partial charge in [0.1, 0.15) is 0 Å². The van der Waals surface area contributed by atoms with Gasteiger partial charge in [0, 0.05) is 16.8 Å². The Kier molecular flexibility index (Phi) is 4.45. The van der Waals surface area contributed by atoms with E-state index < -0.39 is 18.0 Å². The largest absolute Gasteiger partial charge is 0.481 e. The smallest absolute Gasteiger partial charge is 0.306 e. The van der Waals surface area contributed by atoms with Gasteiger partial charge in [-0.1, -0.05) is 0 Å². The molecule has 3 N–H and O–H groups in total. The summed E-state index contributed by atoms with van der Waals surface area (Å²) in [6, 6.07) is 0. The normalized spacial score (nSPS) is 17.1. The fourth-order valence-corrected chi connectivity index (χ4v) is 3.56. The van der Waals surface area contributed by atoms with Crippen LogP contribution in [0.4, 0.5) is 0 Å². The maximum Gasteiger partial charge on any atom is 0.306 e. The molecular weight excluding hydrogens is 278 g/mol. The zero-order valence-electron chi connectivity index (χ0n) is 11.4. The second-order valence-electron chi connectivity index (χ2n) is 5.51. The van der Waals surface area contributed by atoms with Crippen LogP contribution in [0, 0.1) is 0 Å². The lowest BCUT2D eigenvalue weighted by atomic mass is 9.95. The molecule has 1 aliphatic rings. The van der Waals surface area contributed by atoms with Crippen molar-refractivity contribution in [2.75, 3.05) is 6.54 Å². The third kappa shape index (κ3) is 3.58. The van der Waals surface area contributed by atoms with Crippen LogP contribution < -0.4 is 5.32 Å². The number of aliphatic hydroxyl groups is 1. The molecule has 0 saturated carbocycles. The third-order valence-electron chi connectivity index (χ3n) is 3.47. The van der Waals surface area contributed by atoms with Gasteiger partial charge in [0.15, 0.2) is 0 Å². The minimum Gasteiger partial charge on any atom is -0.481 e. The van der Waals surface area contributed by atoms with Crippen molar-refractivity contribution < 1.29 is 19.8 Å². The van der Waals surface area contributed by atoms with Gasteiger partial charge in [-0.2, -0.15) is 0 Å². The van der Waals surface area contributed by atoms with Crippen molar-refractivity contribution in [3.63, 3.8) is 0 Å². The van der Waals surface area contributed by atoms with Gasteiger partial charge < -0.3 is 15.5 Å². The molecule has 2 rings (SSSR count). The summed E-state index contributed by atoms with van der Waals surface area (Å²) in [4.78, 5) is 24.0. The minimum atomic E-state index is -1.43. The Hall–Kier alpha value is -1.40. The van der Waals surface area contributed by atoms with E-state index in [2.05, 4.69) is 5.32 Å². The van der Waals surface area contributed by atoms with Crippen LogP contribution in [-0.2, 0) is 17.6 Å². The van der Waals surface area contributed by atoms with Crippen LogP contribution in [0.15, 0.2) is 5.38 Å². The van der Waals surface area contributed by atoms with E-state index in [0.29, 0.717) is 5.56 Å². The number of carboxylic acid groups (broad SMARTS) is 1. The molecule has 1 aliphatic carbocycles. The molecule has 1 atom stereocenters. The van der Waals surface area contributed by atoms with Gasteiger partial charge in [0.2, 0.25) is 0 Å². The molecule has 110 valence electrons. The predicted molar refractivity (Wildman–Crippen MR) is 76.2 cm³/mol. The van der Waals surface area contributed by atoms with Crippen molar-refractivity contribution in [2.24, 2.45) is 0 Å². The van der Waals surface area contributed by atoms with Gasteiger partial charge in [0.25, 0.3) is 5.91 Å². The fraction of sp³-hybridized carbons (Fsp3) is 0.571. The van der Waals surface area contributed by atoms with Gasteiger partial charge in [0.05, 0.1) is 17.6 Å². The second-order valence-corrected chi connectivity index (χ2v) is 6.47. The van der Waals surface area contributed by atoms with Crippen molar-refractivity contribution in [1.29, 1.82) is 0 Å². The van der Waals surface area contributed by atoms with Gasteiger partial charge in [-0.3, -0.25) is 9.59 Å². The molecule has 5 nitrogen and oxygen atoms in total. The average molecular weight is 297 g/mol. The summed E-state index contributed by atoms with van der Waals surface area (Å²) in [5, 5.41) is 23.1. The first-order valence-electron chi connectivity index (χ1n) is 6.71. The molecule has 20 heavy (non-hydrogen) atoms. The summed E-state index contributed by atoms with van der Waals surface area (Å²) in [5.41, 5.74) is 0.366. The zero-order chi connectivity index (χ0) is 14.8. The summed E-state index contributed by atoms with van der Waals surface area (Å²) in [6.07, 6.45) is 3.83. The van der Waals surface area contributed by atoms with Crippen LogP contribution in [0.5, 0.6) is 0 Å². The van der Waals surface area contributed by atoms with E-state index in [0.717, 1.165) is 24.8 Å². The third-order valence-corrected chi connectivity index (χ3v) is 4.56. The molecule has 0 aromatic carbocycles. The topological polar surface area (TPSA) is 86.6 Å². The molecule has 1 aromatic heterocycles. The van der Waals surface area contributed by atoms with Crippen LogP contribution in [0.2, 0.25) is 0 Å². The molecule has 0 radical (unpaired) electrons. The van der Waals surface area contributed by atoms with E-state index in [-0.39, 0.29) is 12.5 Å². The monoisotopic (exact) mass is 297 g/mol. The lowest BCUT2D eigenvalue weighted by molar-refractivity contribution is -0.141. The number of fused-ring (bicyclic) bond motifs is 1. The highest BCUT2D eigenvalue weighted by atomic mass is 32.1. The van der Waals surface area contributed by atoms with E-state index in [4.69, 9.17) is 5.11 Å². The number of hydrogen-bond donors (Lipinski definition) is 3. The standard InChI is InChI=1S/C14H19NO4S/c1-14(19,6-12(16)17)8-15-13(18)10-7-20-11-5-3-2-4-9(10)11/h7,19H,2-6,8H2,1H3,(H,15,18)(H,16,17). The Labute approximate surface area is 121 Å². The molecule has 6 heteroatoms. The molecule has 1 aromatic rings. The number of carboxylic acids is 1. The van der Waals surface area contributed by atoms with Crippen molar-refractivity contribution >= 4 is 23.2 Å². The average Bonchev–Trinajstić information content (AvgIpc) is 2.78. The summed E-state index contributed by atoms with van der Waals surface area (Å²) < 4.78 is 0. The van der Waals surface area contributed by atoms with Gasteiger partial charge in [-0.25, -0.2) is 0 Å². The maximum absolute atomic E-state index is 12.1. The molecule has 1 unspecified atom stereocenters. The molecule has 0 saturated heterocycles. The second kappa shape index (κ2) is 5.93.